The maximum absolute atomic E-state index is 14.1. The fourth-order valence-corrected chi connectivity index (χ4v) is 6.59. The summed E-state index contributed by atoms with van der Waals surface area (Å²) in [5, 5.41) is 0. The molecule has 1 aliphatic rings. The summed E-state index contributed by atoms with van der Waals surface area (Å²) in [5.41, 5.74) is 5.70. The molecule has 1 unspecified atom stereocenters. The van der Waals surface area contributed by atoms with Gasteiger partial charge in [-0.2, -0.15) is 0 Å². The summed E-state index contributed by atoms with van der Waals surface area (Å²) in [5.74, 6) is 0. The summed E-state index contributed by atoms with van der Waals surface area (Å²) in [4.78, 5) is 5.38. The monoisotopic (exact) mass is 558 g/mol. The molecular weight excluding hydrogens is 532 g/mol. The van der Waals surface area contributed by atoms with Crippen LogP contribution in [-0.4, -0.2) is 20.3 Å². The smallest absolute Gasteiger partial charge is 0.263 e. The van der Waals surface area contributed by atoms with Gasteiger partial charge in [-0.1, -0.05) is 100 Å². The Bertz CT molecular complexity index is 1500. The van der Waals surface area contributed by atoms with E-state index in [1.165, 1.54) is 4.31 Å². The zero-order valence-corrected chi connectivity index (χ0v) is 22.4. The third-order valence-corrected chi connectivity index (χ3v) is 9.05. The summed E-state index contributed by atoms with van der Waals surface area (Å²) >= 11 is 3.66. The van der Waals surface area contributed by atoms with Crippen LogP contribution in [-0.2, 0) is 22.9 Å². The van der Waals surface area contributed by atoms with E-state index < -0.39 is 16.2 Å². The number of para-hydroxylation sites is 1. The first kappa shape index (κ1) is 24.5. The van der Waals surface area contributed by atoms with E-state index in [4.69, 9.17) is 4.99 Å². The SMILES string of the molecule is Cc1ccc(S(=O)(=O)N2c3ccccc3C(Cc3ccccc3Br)=NC2CCc2ccccc2)cc1. The van der Waals surface area contributed by atoms with E-state index in [0.29, 0.717) is 18.5 Å². The van der Waals surface area contributed by atoms with Gasteiger partial charge in [-0.25, -0.2) is 12.7 Å². The Morgan fingerprint density at radius 3 is 2.25 bits per heavy atom. The molecule has 0 N–H and O–H groups in total. The Hall–Kier alpha value is -3.22. The van der Waals surface area contributed by atoms with Gasteiger partial charge in [0.25, 0.3) is 10.0 Å². The van der Waals surface area contributed by atoms with Gasteiger partial charge in [0.2, 0.25) is 0 Å². The van der Waals surface area contributed by atoms with Crippen LogP contribution in [0.3, 0.4) is 0 Å². The van der Waals surface area contributed by atoms with Crippen molar-refractivity contribution in [2.24, 2.45) is 4.99 Å². The van der Waals surface area contributed by atoms with Gasteiger partial charge in [0, 0.05) is 16.5 Å². The first-order valence-electron chi connectivity index (χ1n) is 12.0. The van der Waals surface area contributed by atoms with Crippen molar-refractivity contribution in [2.75, 3.05) is 4.31 Å². The number of hydrogen-bond acceptors (Lipinski definition) is 3. The second kappa shape index (κ2) is 10.4. The average Bonchev–Trinajstić information content (AvgIpc) is 2.89. The molecule has 4 nitrogen and oxygen atoms in total. The van der Waals surface area contributed by atoms with Crippen molar-refractivity contribution in [3.63, 3.8) is 0 Å². The quantitative estimate of drug-likeness (QED) is 0.246. The van der Waals surface area contributed by atoms with Crippen LogP contribution < -0.4 is 4.31 Å². The van der Waals surface area contributed by atoms with Gasteiger partial charge in [0.1, 0.15) is 6.17 Å². The Labute approximate surface area is 221 Å². The highest BCUT2D eigenvalue weighted by atomic mass is 79.9. The molecule has 4 aromatic rings. The van der Waals surface area contributed by atoms with Crippen molar-refractivity contribution < 1.29 is 8.42 Å². The molecule has 36 heavy (non-hydrogen) atoms. The van der Waals surface area contributed by atoms with Crippen molar-refractivity contribution in [1.82, 2.24) is 0 Å². The number of benzene rings is 4. The fraction of sp³-hybridized carbons (Fsp3) is 0.167. The number of anilines is 1. The highest BCUT2D eigenvalue weighted by Crippen LogP contribution is 2.36. The van der Waals surface area contributed by atoms with Gasteiger partial charge in [0.05, 0.1) is 16.3 Å². The molecule has 1 heterocycles. The van der Waals surface area contributed by atoms with Gasteiger partial charge in [0.15, 0.2) is 0 Å². The zero-order chi connectivity index (χ0) is 25.1. The second-order valence-electron chi connectivity index (χ2n) is 8.98. The molecule has 0 aromatic heterocycles. The van der Waals surface area contributed by atoms with Crippen molar-refractivity contribution >= 4 is 37.4 Å². The Kier molecular flexibility index (Phi) is 7.08. The molecule has 0 radical (unpaired) electrons. The Morgan fingerprint density at radius 1 is 0.833 bits per heavy atom. The first-order valence-corrected chi connectivity index (χ1v) is 14.2. The Balaban J connectivity index is 1.60. The van der Waals surface area contributed by atoms with Gasteiger partial charge in [-0.05, 0) is 55.2 Å². The molecule has 0 spiro atoms. The van der Waals surface area contributed by atoms with Crippen LogP contribution in [0.25, 0.3) is 0 Å². The number of nitrogens with zero attached hydrogens (tertiary/aromatic N) is 2. The van der Waals surface area contributed by atoms with E-state index >= 15 is 0 Å². The summed E-state index contributed by atoms with van der Waals surface area (Å²) in [6.07, 6.45) is 1.35. The molecule has 6 heteroatoms. The summed E-state index contributed by atoms with van der Waals surface area (Å²) in [6.45, 7) is 1.95. The highest BCUT2D eigenvalue weighted by Gasteiger charge is 2.37. The van der Waals surface area contributed by atoms with E-state index in [-0.39, 0.29) is 4.90 Å². The fourth-order valence-electron chi connectivity index (χ4n) is 4.57. The molecule has 0 aliphatic carbocycles. The van der Waals surface area contributed by atoms with E-state index in [1.807, 2.05) is 79.7 Å². The number of fused-ring (bicyclic) bond motifs is 1. The van der Waals surface area contributed by atoms with Gasteiger partial charge in [-0.15, -0.1) is 0 Å². The molecule has 0 amide bonds. The van der Waals surface area contributed by atoms with Crippen LogP contribution in [0.5, 0.6) is 0 Å². The van der Waals surface area contributed by atoms with Crippen LogP contribution >= 0.6 is 15.9 Å². The molecule has 0 fully saturated rings. The van der Waals surface area contributed by atoms with Gasteiger partial charge in [-0.3, -0.25) is 4.99 Å². The first-order chi connectivity index (χ1) is 17.4. The van der Waals surface area contributed by atoms with E-state index in [9.17, 15) is 8.42 Å². The predicted molar refractivity (Wildman–Crippen MR) is 150 cm³/mol. The predicted octanol–water partition coefficient (Wildman–Crippen LogP) is 6.96. The van der Waals surface area contributed by atoms with E-state index in [2.05, 4.69) is 34.1 Å². The summed E-state index contributed by atoms with van der Waals surface area (Å²) in [6, 6.07) is 33.0. The number of aryl methyl sites for hydroxylation is 2. The van der Waals surface area contributed by atoms with Crippen molar-refractivity contribution in [2.45, 2.75) is 37.2 Å². The van der Waals surface area contributed by atoms with E-state index in [1.54, 1.807) is 12.1 Å². The highest BCUT2D eigenvalue weighted by molar-refractivity contribution is 9.10. The van der Waals surface area contributed by atoms with E-state index in [0.717, 1.165) is 38.9 Å². The number of halogens is 1. The molecule has 0 saturated carbocycles. The van der Waals surface area contributed by atoms with Crippen molar-refractivity contribution in [3.8, 4) is 0 Å². The lowest BCUT2D eigenvalue weighted by Gasteiger charge is -2.36. The molecule has 0 bridgehead atoms. The molecule has 0 saturated heterocycles. The van der Waals surface area contributed by atoms with Crippen LogP contribution in [0, 0.1) is 6.92 Å². The standard InChI is InChI=1S/C30H27BrN2O2S/c1-22-15-18-25(19-16-22)36(34,35)33-29-14-8-6-12-26(29)28(21-24-11-5-7-13-27(24)31)32-30(33)20-17-23-9-3-2-4-10-23/h2-16,18-19,30H,17,20-21H2,1H3. The Morgan fingerprint density at radius 2 is 1.50 bits per heavy atom. The maximum atomic E-state index is 14.1. The second-order valence-corrected chi connectivity index (χ2v) is 11.6. The van der Waals surface area contributed by atoms with Crippen LogP contribution in [0.4, 0.5) is 5.69 Å². The normalized spacial score (nSPS) is 15.3. The van der Waals surface area contributed by atoms with Gasteiger partial charge < -0.3 is 0 Å². The summed E-state index contributed by atoms with van der Waals surface area (Å²) in [7, 11) is -3.83. The molecular formula is C30H27BrN2O2S. The minimum atomic E-state index is -3.83. The topological polar surface area (TPSA) is 49.7 Å². The molecule has 1 aliphatic heterocycles. The van der Waals surface area contributed by atoms with Gasteiger partial charge >= 0.3 is 0 Å². The average molecular weight is 560 g/mol. The third-order valence-electron chi connectivity index (χ3n) is 6.46. The molecule has 5 rings (SSSR count). The number of aliphatic imine (C=N–C) groups is 1. The van der Waals surface area contributed by atoms with Crippen molar-refractivity contribution in [3.05, 3.63) is 130 Å². The molecule has 1 atom stereocenters. The summed E-state index contributed by atoms with van der Waals surface area (Å²) < 4.78 is 30.6. The van der Waals surface area contributed by atoms with Crippen LogP contribution in [0.15, 0.2) is 117 Å². The third kappa shape index (κ3) is 5.01. The minimum absolute atomic E-state index is 0.275. The lowest BCUT2D eigenvalue weighted by molar-refractivity contribution is 0.563. The largest absolute Gasteiger partial charge is 0.266 e. The zero-order valence-electron chi connectivity index (χ0n) is 20.0. The lowest BCUT2D eigenvalue weighted by atomic mass is 9.98. The minimum Gasteiger partial charge on any atom is -0.263 e. The lowest BCUT2D eigenvalue weighted by Crippen LogP contribution is -2.44. The van der Waals surface area contributed by atoms with Crippen molar-refractivity contribution in [1.29, 1.82) is 0 Å². The number of hydrogen-bond donors (Lipinski definition) is 0. The van der Waals surface area contributed by atoms with Crippen LogP contribution in [0.1, 0.15) is 28.7 Å². The number of sulfonamides is 1. The molecule has 4 aromatic carbocycles. The molecule has 182 valence electrons. The maximum Gasteiger partial charge on any atom is 0.266 e. The van der Waals surface area contributed by atoms with Crippen LogP contribution in [0.2, 0.25) is 0 Å². The number of rotatable bonds is 7.